The molecule has 3 rings (SSSR count). The third kappa shape index (κ3) is 3.43. The van der Waals surface area contributed by atoms with Crippen LogP contribution in [0.1, 0.15) is 5.82 Å². The lowest BCUT2D eigenvalue weighted by molar-refractivity contribution is 0.588. The van der Waals surface area contributed by atoms with Gasteiger partial charge >= 0.3 is 0 Å². The lowest BCUT2D eigenvalue weighted by atomic mass is 10.2. The average Bonchev–Trinajstić information content (AvgIpc) is 2.49. The molecule has 124 valence electrons. The Morgan fingerprint density at radius 2 is 1.92 bits per heavy atom. The number of rotatable bonds is 3. The maximum atomic E-state index is 12.9. The quantitative estimate of drug-likeness (QED) is 0.501. The van der Waals surface area contributed by atoms with Gasteiger partial charge in [-0.15, -0.1) is 0 Å². The van der Waals surface area contributed by atoms with E-state index in [0.717, 1.165) is 10.9 Å². The second-order valence-electron chi connectivity index (χ2n) is 5.62. The first kappa shape index (κ1) is 17.3. The van der Waals surface area contributed by atoms with Gasteiger partial charge in [0.2, 0.25) is 5.28 Å². The van der Waals surface area contributed by atoms with Crippen LogP contribution in [0, 0.1) is 6.92 Å². The summed E-state index contributed by atoms with van der Waals surface area (Å²) in [7, 11) is -2.61. The van der Waals surface area contributed by atoms with Gasteiger partial charge < -0.3 is 9.88 Å². The smallest absolute Gasteiger partial charge is 0.224 e. The Bertz CT molecular complexity index is 991. The van der Waals surface area contributed by atoms with Gasteiger partial charge in [0.05, 0.1) is 15.7 Å². The van der Waals surface area contributed by atoms with Crippen LogP contribution in [0.2, 0.25) is 5.28 Å². The van der Waals surface area contributed by atoms with E-state index < -0.39 is 7.14 Å². The predicted molar refractivity (Wildman–Crippen MR) is 101 cm³/mol. The normalized spacial score (nSPS) is 11.7. The van der Waals surface area contributed by atoms with Crippen molar-refractivity contribution in [2.45, 2.75) is 6.92 Å². The first-order valence-electron chi connectivity index (χ1n) is 7.02. The summed E-state index contributed by atoms with van der Waals surface area (Å²) in [5, 5.41) is 4.75. The number of halogens is 2. The zero-order chi connectivity index (χ0) is 17.5. The Labute approximate surface area is 152 Å². The van der Waals surface area contributed by atoms with E-state index in [1.807, 2.05) is 19.1 Å². The molecule has 0 radical (unpaired) electrons. The Balaban J connectivity index is 2.22. The minimum atomic E-state index is -2.61. The van der Waals surface area contributed by atoms with Gasteiger partial charge in [-0.1, -0.05) is 0 Å². The van der Waals surface area contributed by atoms with Crippen LogP contribution in [-0.4, -0.2) is 33.3 Å². The largest absolute Gasteiger partial charge is 0.339 e. The highest BCUT2D eigenvalue weighted by Gasteiger charge is 2.21. The van der Waals surface area contributed by atoms with E-state index in [1.54, 1.807) is 25.7 Å². The molecular formula is C15H14BrClN5OP. The van der Waals surface area contributed by atoms with E-state index in [9.17, 15) is 4.57 Å². The van der Waals surface area contributed by atoms with E-state index in [1.165, 1.54) is 0 Å². The van der Waals surface area contributed by atoms with Crippen LogP contribution in [0.25, 0.3) is 10.9 Å². The molecule has 0 saturated carbocycles. The summed E-state index contributed by atoms with van der Waals surface area (Å²) in [6.45, 7) is 5.26. The monoisotopic (exact) mass is 425 g/mol. The highest BCUT2D eigenvalue weighted by atomic mass is 79.9. The Morgan fingerprint density at radius 3 is 2.62 bits per heavy atom. The molecule has 0 unspecified atom stereocenters. The van der Waals surface area contributed by atoms with E-state index in [4.69, 9.17) is 11.6 Å². The topological polar surface area (TPSA) is 80.7 Å². The number of aryl methyl sites for hydroxylation is 1. The van der Waals surface area contributed by atoms with Gasteiger partial charge in [-0.2, -0.15) is 4.98 Å². The number of benzene rings is 1. The number of hydrogen-bond acceptors (Lipinski definition) is 6. The fourth-order valence-corrected chi connectivity index (χ4v) is 4.31. The van der Waals surface area contributed by atoms with Crippen molar-refractivity contribution in [3.8, 4) is 0 Å². The zero-order valence-corrected chi connectivity index (χ0v) is 16.4. The van der Waals surface area contributed by atoms with Crippen molar-refractivity contribution < 1.29 is 4.57 Å². The van der Waals surface area contributed by atoms with E-state index in [0.29, 0.717) is 27.1 Å². The van der Waals surface area contributed by atoms with E-state index in [-0.39, 0.29) is 5.28 Å². The highest BCUT2D eigenvalue weighted by Crippen LogP contribution is 2.41. The van der Waals surface area contributed by atoms with Crippen molar-refractivity contribution in [3.05, 3.63) is 40.1 Å². The van der Waals surface area contributed by atoms with Gasteiger partial charge in [-0.25, -0.2) is 15.0 Å². The van der Waals surface area contributed by atoms with Crippen molar-refractivity contribution in [1.82, 2.24) is 19.9 Å². The molecule has 2 heterocycles. The molecule has 1 aromatic carbocycles. The standard InChI is InChI=1S/C15H14BrClN5OP/c1-8-18-6-9-11(20-8)4-5-12(13(9)24(2,3)23)21-14-10(16)7-19-15(17)22-14/h4-7H,1-3H3,(H,19,21,22). The number of aromatic nitrogens is 4. The maximum Gasteiger partial charge on any atom is 0.224 e. The summed E-state index contributed by atoms with van der Waals surface area (Å²) in [4.78, 5) is 16.7. The molecule has 2 aromatic heterocycles. The first-order chi connectivity index (χ1) is 11.3. The molecule has 0 fully saturated rings. The van der Waals surface area contributed by atoms with Crippen LogP contribution in [0.5, 0.6) is 0 Å². The molecule has 24 heavy (non-hydrogen) atoms. The summed E-state index contributed by atoms with van der Waals surface area (Å²) < 4.78 is 13.6. The maximum absolute atomic E-state index is 12.9. The van der Waals surface area contributed by atoms with Gasteiger partial charge in [-0.05, 0) is 59.9 Å². The molecule has 0 spiro atoms. The van der Waals surface area contributed by atoms with Crippen molar-refractivity contribution >= 4 is 62.4 Å². The predicted octanol–water partition coefficient (Wildman–Crippen LogP) is 4.14. The minimum Gasteiger partial charge on any atom is -0.339 e. The molecule has 0 amide bonds. The fourth-order valence-electron chi connectivity index (χ4n) is 2.43. The number of nitrogens with zero attached hydrogens (tertiary/aromatic N) is 4. The number of hydrogen-bond donors (Lipinski definition) is 1. The van der Waals surface area contributed by atoms with Gasteiger partial charge in [0.1, 0.15) is 18.8 Å². The van der Waals surface area contributed by atoms with E-state index >= 15 is 0 Å². The SMILES string of the molecule is Cc1ncc2c(P(C)(C)=O)c(Nc3nc(Cl)ncc3Br)ccc2n1. The van der Waals surface area contributed by atoms with Crippen LogP contribution < -0.4 is 10.6 Å². The molecule has 0 atom stereocenters. The lowest BCUT2D eigenvalue weighted by Gasteiger charge is -2.17. The second-order valence-corrected chi connectivity index (χ2v) is 9.96. The highest BCUT2D eigenvalue weighted by molar-refractivity contribution is 9.10. The zero-order valence-electron chi connectivity index (χ0n) is 13.2. The summed E-state index contributed by atoms with van der Waals surface area (Å²) in [6, 6.07) is 3.70. The summed E-state index contributed by atoms with van der Waals surface area (Å²) >= 11 is 9.25. The van der Waals surface area contributed by atoms with Crippen molar-refractivity contribution in [2.75, 3.05) is 18.6 Å². The Kier molecular flexibility index (Phi) is 4.60. The summed E-state index contributed by atoms with van der Waals surface area (Å²) in [5.74, 6) is 1.17. The molecular weight excluding hydrogens is 413 g/mol. The van der Waals surface area contributed by atoms with Gasteiger partial charge in [0.15, 0.2) is 0 Å². The molecule has 6 nitrogen and oxygen atoms in total. The molecule has 0 saturated heterocycles. The molecule has 1 N–H and O–H groups in total. The van der Waals surface area contributed by atoms with Crippen LogP contribution in [-0.2, 0) is 4.57 Å². The van der Waals surface area contributed by atoms with Crippen LogP contribution in [0.4, 0.5) is 11.5 Å². The summed E-state index contributed by atoms with van der Waals surface area (Å²) in [6.07, 6.45) is 3.27. The number of nitrogens with one attached hydrogen (secondary N) is 1. The molecule has 0 aliphatic carbocycles. The lowest BCUT2D eigenvalue weighted by Crippen LogP contribution is -2.13. The van der Waals surface area contributed by atoms with Crippen LogP contribution in [0.3, 0.4) is 0 Å². The fraction of sp³-hybridized carbons (Fsp3) is 0.200. The summed E-state index contributed by atoms with van der Waals surface area (Å²) in [5.41, 5.74) is 1.44. The van der Waals surface area contributed by atoms with Gasteiger partial charge in [0, 0.05) is 23.1 Å². The molecule has 0 bridgehead atoms. The van der Waals surface area contributed by atoms with Crippen molar-refractivity contribution in [2.24, 2.45) is 0 Å². The van der Waals surface area contributed by atoms with Crippen LogP contribution in [0.15, 0.2) is 29.0 Å². The molecule has 9 heteroatoms. The third-order valence-electron chi connectivity index (χ3n) is 3.36. The number of fused-ring (bicyclic) bond motifs is 1. The third-order valence-corrected chi connectivity index (χ3v) is 5.68. The Morgan fingerprint density at radius 1 is 1.17 bits per heavy atom. The van der Waals surface area contributed by atoms with Crippen molar-refractivity contribution in [3.63, 3.8) is 0 Å². The van der Waals surface area contributed by atoms with Crippen molar-refractivity contribution in [1.29, 1.82) is 0 Å². The minimum absolute atomic E-state index is 0.123. The average molecular weight is 427 g/mol. The van der Waals surface area contributed by atoms with E-state index in [2.05, 4.69) is 41.2 Å². The first-order valence-corrected chi connectivity index (χ1v) is 10.8. The van der Waals surface area contributed by atoms with Crippen LogP contribution >= 0.6 is 34.7 Å². The van der Waals surface area contributed by atoms with Gasteiger partial charge in [0.25, 0.3) is 0 Å². The molecule has 3 aromatic rings. The molecule has 0 aliphatic rings. The second kappa shape index (κ2) is 6.39. The van der Waals surface area contributed by atoms with Gasteiger partial charge in [-0.3, -0.25) is 0 Å². The molecule has 0 aliphatic heterocycles. The number of anilines is 2. The Hall–Kier alpha value is -1.56.